The van der Waals surface area contributed by atoms with E-state index >= 15 is 0 Å². The maximum absolute atomic E-state index is 8.75. The molecule has 0 spiro atoms. The average molecular weight is 203 g/mol. The summed E-state index contributed by atoms with van der Waals surface area (Å²) in [6.07, 6.45) is 12.1. The molecule has 1 rings (SSSR count). The van der Waals surface area contributed by atoms with Crippen molar-refractivity contribution in [3.05, 3.63) is 47.6 Å². The van der Waals surface area contributed by atoms with E-state index in [1.165, 1.54) is 5.57 Å². The zero-order valence-corrected chi connectivity index (χ0v) is 9.27. The molecule has 0 saturated heterocycles. The van der Waals surface area contributed by atoms with E-state index < -0.39 is 0 Å². The van der Waals surface area contributed by atoms with Crippen molar-refractivity contribution in [1.29, 1.82) is 0 Å². The maximum Gasteiger partial charge on any atom is 0.0650 e. The smallest absolute Gasteiger partial charge is 0.0650 e. The number of aliphatic hydroxyl groups is 1. The molecular formula is C13H17NO. The van der Waals surface area contributed by atoms with E-state index in [0.717, 1.165) is 11.3 Å². The van der Waals surface area contributed by atoms with Gasteiger partial charge in [-0.3, -0.25) is 4.99 Å². The van der Waals surface area contributed by atoms with Gasteiger partial charge in [0.05, 0.1) is 18.9 Å². The first-order valence-corrected chi connectivity index (χ1v) is 5.13. The standard InChI is InChI=1S/C13H17NO/c1-3-6-11(2)12-7-4-5-8-13(12)14-9-10-15/h3-8,15H,9-10H2,1-2H3/b6-3-,12-11-,14-13?. The predicted molar refractivity (Wildman–Crippen MR) is 65.2 cm³/mol. The van der Waals surface area contributed by atoms with Crippen molar-refractivity contribution in [2.45, 2.75) is 13.8 Å². The molecular weight excluding hydrogens is 186 g/mol. The van der Waals surface area contributed by atoms with Crippen molar-refractivity contribution in [3.8, 4) is 0 Å². The second kappa shape index (κ2) is 6.14. The second-order valence-corrected chi connectivity index (χ2v) is 3.31. The van der Waals surface area contributed by atoms with Crippen LogP contribution in [-0.2, 0) is 0 Å². The monoisotopic (exact) mass is 203 g/mol. The van der Waals surface area contributed by atoms with Crippen LogP contribution in [0.5, 0.6) is 0 Å². The first kappa shape index (κ1) is 11.7. The van der Waals surface area contributed by atoms with E-state index in [1.54, 1.807) is 0 Å². The van der Waals surface area contributed by atoms with Crippen molar-refractivity contribution in [1.82, 2.24) is 0 Å². The molecule has 0 fully saturated rings. The number of rotatable bonds is 3. The number of hydrogen-bond donors (Lipinski definition) is 1. The molecule has 0 aromatic carbocycles. The van der Waals surface area contributed by atoms with Gasteiger partial charge in [0.25, 0.3) is 0 Å². The fraction of sp³-hybridized carbons (Fsp3) is 0.308. The molecule has 2 nitrogen and oxygen atoms in total. The van der Waals surface area contributed by atoms with Gasteiger partial charge in [-0.1, -0.05) is 30.4 Å². The lowest BCUT2D eigenvalue weighted by atomic mass is 10.00. The molecule has 0 bridgehead atoms. The molecule has 2 heteroatoms. The second-order valence-electron chi connectivity index (χ2n) is 3.31. The molecule has 0 amide bonds. The quantitative estimate of drug-likeness (QED) is 0.750. The van der Waals surface area contributed by atoms with Crippen LogP contribution < -0.4 is 0 Å². The summed E-state index contributed by atoms with van der Waals surface area (Å²) >= 11 is 0. The summed E-state index contributed by atoms with van der Waals surface area (Å²) in [4.78, 5) is 4.32. The Morgan fingerprint density at radius 3 is 2.80 bits per heavy atom. The molecule has 1 aliphatic carbocycles. The summed E-state index contributed by atoms with van der Waals surface area (Å²) in [5.74, 6) is 0. The Kier molecular flexibility index (Phi) is 4.78. The van der Waals surface area contributed by atoms with Gasteiger partial charge < -0.3 is 5.11 Å². The minimum atomic E-state index is 0.0942. The van der Waals surface area contributed by atoms with E-state index in [9.17, 15) is 0 Å². The molecule has 0 atom stereocenters. The highest BCUT2D eigenvalue weighted by molar-refractivity contribution is 6.12. The van der Waals surface area contributed by atoms with E-state index in [-0.39, 0.29) is 6.61 Å². The highest BCUT2D eigenvalue weighted by atomic mass is 16.3. The lowest BCUT2D eigenvalue weighted by molar-refractivity contribution is 0.307. The van der Waals surface area contributed by atoms with Gasteiger partial charge in [0.15, 0.2) is 0 Å². The number of hydrogen-bond acceptors (Lipinski definition) is 2. The van der Waals surface area contributed by atoms with Crippen LogP contribution >= 0.6 is 0 Å². The van der Waals surface area contributed by atoms with Gasteiger partial charge in [-0.25, -0.2) is 0 Å². The Labute approximate surface area is 91.0 Å². The molecule has 0 unspecified atom stereocenters. The summed E-state index contributed by atoms with van der Waals surface area (Å²) in [6.45, 7) is 4.61. The Hall–Kier alpha value is -1.41. The third-order valence-electron chi connectivity index (χ3n) is 2.13. The SMILES string of the molecule is C/C=C\C(C)=C1\C=CC=CC1=NCCO. The third-order valence-corrected chi connectivity index (χ3v) is 2.13. The van der Waals surface area contributed by atoms with Gasteiger partial charge in [0, 0.05) is 5.57 Å². The molecule has 0 heterocycles. The van der Waals surface area contributed by atoms with E-state index in [2.05, 4.69) is 18.0 Å². The predicted octanol–water partition coefficient (Wildman–Crippen LogP) is 2.44. The van der Waals surface area contributed by atoms with Crippen molar-refractivity contribution < 1.29 is 5.11 Å². The van der Waals surface area contributed by atoms with E-state index in [1.807, 2.05) is 37.3 Å². The summed E-state index contributed by atoms with van der Waals surface area (Å²) in [7, 11) is 0. The molecule has 0 aromatic rings. The Bertz CT molecular complexity index is 357. The van der Waals surface area contributed by atoms with E-state index in [4.69, 9.17) is 5.11 Å². The Morgan fingerprint density at radius 1 is 1.40 bits per heavy atom. The summed E-state index contributed by atoms with van der Waals surface area (Å²) in [5.41, 5.74) is 3.26. The number of allylic oxidation sites excluding steroid dienone is 8. The fourth-order valence-corrected chi connectivity index (χ4v) is 1.46. The van der Waals surface area contributed by atoms with Gasteiger partial charge in [-0.2, -0.15) is 0 Å². The van der Waals surface area contributed by atoms with Crippen LogP contribution in [0, 0.1) is 0 Å². The van der Waals surface area contributed by atoms with Crippen LogP contribution in [0.15, 0.2) is 52.6 Å². The molecule has 15 heavy (non-hydrogen) atoms. The molecule has 80 valence electrons. The zero-order valence-electron chi connectivity index (χ0n) is 9.27. The maximum atomic E-state index is 8.75. The van der Waals surface area contributed by atoms with Gasteiger partial charge in [-0.05, 0) is 25.5 Å². The Balaban J connectivity index is 3.00. The highest BCUT2D eigenvalue weighted by Gasteiger charge is 2.05. The minimum absolute atomic E-state index is 0.0942. The van der Waals surface area contributed by atoms with Crippen molar-refractivity contribution in [2.24, 2.45) is 4.99 Å². The normalized spacial score (nSPS) is 21.7. The minimum Gasteiger partial charge on any atom is -0.394 e. The molecule has 1 N–H and O–H groups in total. The van der Waals surface area contributed by atoms with Crippen molar-refractivity contribution in [2.75, 3.05) is 13.2 Å². The molecule has 1 aliphatic rings. The van der Waals surface area contributed by atoms with Crippen LogP contribution in [0.4, 0.5) is 0 Å². The number of aliphatic imine (C=N–C) groups is 1. The first-order valence-electron chi connectivity index (χ1n) is 5.13. The van der Waals surface area contributed by atoms with Crippen molar-refractivity contribution in [3.63, 3.8) is 0 Å². The molecule has 0 aliphatic heterocycles. The third kappa shape index (κ3) is 3.33. The van der Waals surface area contributed by atoms with Crippen molar-refractivity contribution >= 4 is 5.71 Å². The van der Waals surface area contributed by atoms with Crippen LogP contribution in [-0.4, -0.2) is 24.0 Å². The van der Waals surface area contributed by atoms with E-state index in [0.29, 0.717) is 6.54 Å². The largest absolute Gasteiger partial charge is 0.394 e. The van der Waals surface area contributed by atoms with Gasteiger partial charge in [-0.15, -0.1) is 0 Å². The summed E-state index contributed by atoms with van der Waals surface area (Å²) in [6, 6.07) is 0. The van der Waals surface area contributed by atoms with Gasteiger partial charge in [0.2, 0.25) is 0 Å². The van der Waals surface area contributed by atoms with Gasteiger partial charge in [0.1, 0.15) is 0 Å². The fourth-order valence-electron chi connectivity index (χ4n) is 1.46. The lowest BCUT2D eigenvalue weighted by Crippen LogP contribution is -2.04. The van der Waals surface area contributed by atoms with Crippen LogP contribution in [0.3, 0.4) is 0 Å². The van der Waals surface area contributed by atoms with Crippen LogP contribution in [0.1, 0.15) is 13.8 Å². The average Bonchev–Trinajstić information content (AvgIpc) is 2.27. The first-order chi connectivity index (χ1) is 7.29. The molecule has 0 radical (unpaired) electrons. The summed E-state index contributed by atoms with van der Waals surface area (Å²) < 4.78 is 0. The number of nitrogens with zero attached hydrogens (tertiary/aromatic N) is 1. The zero-order chi connectivity index (χ0) is 11.1. The Morgan fingerprint density at radius 2 is 2.13 bits per heavy atom. The molecule has 0 saturated carbocycles. The highest BCUT2D eigenvalue weighted by Crippen LogP contribution is 2.14. The number of aliphatic hydroxyl groups excluding tert-OH is 1. The van der Waals surface area contributed by atoms with Gasteiger partial charge >= 0.3 is 0 Å². The lowest BCUT2D eigenvalue weighted by Gasteiger charge is -2.09. The summed E-state index contributed by atoms with van der Waals surface area (Å²) in [5, 5.41) is 8.75. The van der Waals surface area contributed by atoms with Crippen LogP contribution in [0.2, 0.25) is 0 Å². The van der Waals surface area contributed by atoms with Crippen LogP contribution in [0.25, 0.3) is 0 Å². The molecule has 0 aromatic heterocycles. The topological polar surface area (TPSA) is 32.6 Å².